The number of nitrogens with one attached hydrogen (secondary N) is 1. The monoisotopic (exact) mass is 426 g/mol. The van der Waals surface area contributed by atoms with Gasteiger partial charge in [0.2, 0.25) is 5.91 Å². The van der Waals surface area contributed by atoms with Gasteiger partial charge in [-0.2, -0.15) is 0 Å². The minimum Gasteiger partial charge on any atom is -0.497 e. The Labute approximate surface area is 180 Å². The number of benzene rings is 2. The number of pyridine rings is 1. The number of ether oxygens (including phenoxy) is 3. The number of hydrogen-bond acceptors (Lipinski definition) is 6. The molecule has 0 atom stereocenters. The van der Waals surface area contributed by atoms with Gasteiger partial charge in [0.05, 0.1) is 37.3 Å². The van der Waals surface area contributed by atoms with Crippen LogP contribution >= 0.6 is 11.8 Å². The van der Waals surface area contributed by atoms with Gasteiger partial charge in [-0.15, -0.1) is 0 Å². The summed E-state index contributed by atoms with van der Waals surface area (Å²) in [5, 5.41) is 4.77. The summed E-state index contributed by atoms with van der Waals surface area (Å²) in [7, 11) is 1.64. The number of carbonyl (C=O) groups is 1. The van der Waals surface area contributed by atoms with E-state index in [0.29, 0.717) is 30.4 Å². The van der Waals surface area contributed by atoms with E-state index in [4.69, 9.17) is 19.2 Å². The predicted octanol–water partition coefficient (Wildman–Crippen LogP) is 5.08. The Bertz CT molecular complexity index is 1040. The first-order chi connectivity index (χ1) is 14.5. The van der Waals surface area contributed by atoms with Crippen molar-refractivity contribution in [2.75, 3.05) is 31.4 Å². The van der Waals surface area contributed by atoms with Crippen LogP contribution in [0.5, 0.6) is 17.2 Å². The van der Waals surface area contributed by atoms with Crippen LogP contribution in [0, 0.1) is 6.92 Å². The molecular formula is C23H26N2O4S. The molecule has 0 saturated heterocycles. The van der Waals surface area contributed by atoms with Crippen molar-refractivity contribution in [3.63, 3.8) is 0 Å². The number of carbonyl (C=O) groups excluding carboxylic acids is 1. The van der Waals surface area contributed by atoms with E-state index in [1.165, 1.54) is 11.8 Å². The molecule has 0 radical (unpaired) electrons. The lowest BCUT2D eigenvalue weighted by molar-refractivity contribution is -0.113. The summed E-state index contributed by atoms with van der Waals surface area (Å²) in [5.74, 6) is 2.20. The maximum absolute atomic E-state index is 12.6. The molecule has 1 amide bonds. The van der Waals surface area contributed by atoms with E-state index in [1.807, 2.05) is 45.0 Å². The van der Waals surface area contributed by atoms with E-state index in [0.717, 1.165) is 27.2 Å². The summed E-state index contributed by atoms with van der Waals surface area (Å²) in [5.41, 5.74) is 2.48. The molecule has 0 saturated carbocycles. The third kappa shape index (κ3) is 5.36. The minimum absolute atomic E-state index is 0.134. The van der Waals surface area contributed by atoms with Gasteiger partial charge in [-0.05, 0) is 62.7 Å². The number of methoxy groups -OCH3 is 1. The molecule has 7 heteroatoms. The van der Waals surface area contributed by atoms with Gasteiger partial charge in [-0.1, -0.05) is 11.8 Å². The lowest BCUT2D eigenvalue weighted by Crippen LogP contribution is -2.15. The van der Waals surface area contributed by atoms with Gasteiger partial charge in [-0.3, -0.25) is 4.79 Å². The number of fused-ring (bicyclic) bond motifs is 1. The van der Waals surface area contributed by atoms with E-state index in [-0.39, 0.29) is 11.7 Å². The van der Waals surface area contributed by atoms with Crippen molar-refractivity contribution < 1.29 is 19.0 Å². The number of rotatable bonds is 9. The van der Waals surface area contributed by atoms with Crippen LogP contribution in [-0.2, 0) is 4.79 Å². The second-order valence-electron chi connectivity index (χ2n) is 6.53. The first-order valence-electron chi connectivity index (χ1n) is 9.81. The highest BCUT2D eigenvalue weighted by atomic mass is 32.2. The van der Waals surface area contributed by atoms with Gasteiger partial charge >= 0.3 is 0 Å². The van der Waals surface area contributed by atoms with Crippen LogP contribution in [-0.4, -0.2) is 37.0 Å². The van der Waals surface area contributed by atoms with Gasteiger partial charge in [0, 0.05) is 11.5 Å². The van der Waals surface area contributed by atoms with Crippen molar-refractivity contribution in [1.29, 1.82) is 0 Å². The van der Waals surface area contributed by atoms with Crippen molar-refractivity contribution >= 4 is 34.3 Å². The Morgan fingerprint density at radius 1 is 1.03 bits per heavy atom. The first kappa shape index (κ1) is 21.8. The summed E-state index contributed by atoms with van der Waals surface area (Å²) in [6, 6.07) is 13.2. The van der Waals surface area contributed by atoms with Crippen molar-refractivity contribution in [3.8, 4) is 17.2 Å². The third-order valence-corrected chi connectivity index (χ3v) is 5.44. The first-order valence-corrected chi connectivity index (χ1v) is 10.8. The smallest absolute Gasteiger partial charge is 0.234 e. The Balaban J connectivity index is 1.71. The molecule has 2 aromatic carbocycles. The van der Waals surface area contributed by atoms with Crippen LogP contribution < -0.4 is 19.5 Å². The molecule has 1 N–H and O–H groups in total. The van der Waals surface area contributed by atoms with Crippen molar-refractivity contribution in [1.82, 2.24) is 4.98 Å². The standard InChI is InChI=1S/C23H26N2O4S/c1-5-28-18-8-10-21(29-6-2)20(13-18)24-22(26)14-30-23-15(3)11-16-12-17(27-4)7-9-19(16)25-23/h7-13H,5-6,14H2,1-4H3,(H,24,26). The van der Waals surface area contributed by atoms with Gasteiger partial charge < -0.3 is 19.5 Å². The zero-order chi connectivity index (χ0) is 21.5. The topological polar surface area (TPSA) is 69.7 Å². The quantitative estimate of drug-likeness (QED) is 0.481. The van der Waals surface area contributed by atoms with E-state index in [2.05, 4.69) is 11.4 Å². The summed E-state index contributed by atoms with van der Waals surface area (Å²) in [6.07, 6.45) is 0. The molecule has 0 aliphatic carbocycles. The van der Waals surface area contributed by atoms with Gasteiger partial charge in [-0.25, -0.2) is 4.98 Å². The molecule has 6 nitrogen and oxygen atoms in total. The SMILES string of the molecule is CCOc1ccc(OCC)c(NC(=O)CSc2nc3ccc(OC)cc3cc2C)c1. The van der Waals surface area contributed by atoms with Crippen molar-refractivity contribution in [2.24, 2.45) is 0 Å². The molecule has 0 aliphatic rings. The zero-order valence-electron chi connectivity index (χ0n) is 17.7. The molecule has 0 aliphatic heterocycles. The lowest BCUT2D eigenvalue weighted by Gasteiger charge is -2.14. The highest BCUT2D eigenvalue weighted by molar-refractivity contribution is 8.00. The Kier molecular flexibility index (Phi) is 7.41. The molecular weight excluding hydrogens is 400 g/mol. The maximum Gasteiger partial charge on any atom is 0.234 e. The third-order valence-electron chi connectivity index (χ3n) is 4.34. The Hall–Kier alpha value is -2.93. The van der Waals surface area contributed by atoms with E-state index in [1.54, 1.807) is 19.2 Å². The average Bonchev–Trinajstić information content (AvgIpc) is 2.74. The lowest BCUT2D eigenvalue weighted by atomic mass is 10.1. The summed E-state index contributed by atoms with van der Waals surface area (Å²) >= 11 is 1.41. The molecule has 0 unspecified atom stereocenters. The fraction of sp³-hybridized carbons (Fsp3) is 0.304. The van der Waals surface area contributed by atoms with Crippen LogP contribution in [0.4, 0.5) is 5.69 Å². The molecule has 1 aromatic heterocycles. The van der Waals surface area contributed by atoms with Crippen LogP contribution in [0.2, 0.25) is 0 Å². The van der Waals surface area contributed by atoms with Crippen LogP contribution in [0.15, 0.2) is 47.5 Å². The van der Waals surface area contributed by atoms with Gasteiger partial charge in [0.25, 0.3) is 0 Å². The number of hydrogen-bond donors (Lipinski definition) is 1. The van der Waals surface area contributed by atoms with Crippen molar-refractivity contribution in [3.05, 3.63) is 48.0 Å². The molecule has 0 bridgehead atoms. The predicted molar refractivity (Wildman–Crippen MR) is 121 cm³/mol. The molecule has 30 heavy (non-hydrogen) atoms. The summed E-state index contributed by atoms with van der Waals surface area (Å²) in [4.78, 5) is 17.3. The van der Waals surface area contributed by atoms with Crippen LogP contribution in [0.1, 0.15) is 19.4 Å². The van der Waals surface area contributed by atoms with Crippen molar-refractivity contribution in [2.45, 2.75) is 25.8 Å². The number of anilines is 1. The van der Waals surface area contributed by atoms with E-state index < -0.39 is 0 Å². The highest BCUT2D eigenvalue weighted by Crippen LogP contribution is 2.31. The highest BCUT2D eigenvalue weighted by Gasteiger charge is 2.12. The number of nitrogens with zero attached hydrogens (tertiary/aromatic N) is 1. The van der Waals surface area contributed by atoms with Gasteiger partial charge in [0.1, 0.15) is 22.3 Å². The number of aromatic nitrogens is 1. The Morgan fingerprint density at radius 2 is 1.80 bits per heavy atom. The molecule has 3 aromatic rings. The maximum atomic E-state index is 12.6. The average molecular weight is 427 g/mol. The number of thioether (sulfide) groups is 1. The second kappa shape index (κ2) is 10.2. The summed E-state index contributed by atoms with van der Waals surface area (Å²) in [6.45, 7) is 6.87. The fourth-order valence-corrected chi connectivity index (χ4v) is 3.77. The largest absolute Gasteiger partial charge is 0.497 e. The molecule has 1 heterocycles. The minimum atomic E-state index is -0.134. The summed E-state index contributed by atoms with van der Waals surface area (Å²) < 4.78 is 16.4. The number of amides is 1. The fourth-order valence-electron chi connectivity index (χ4n) is 2.98. The Morgan fingerprint density at radius 3 is 2.53 bits per heavy atom. The van der Waals surface area contributed by atoms with Gasteiger partial charge in [0.15, 0.2) is 0 Å². The zero-order valence-corrected chi connectivity index (χ0v) is 18.5. The van der Waals surface area contributed by atoms with E-state index >= 15 is 0 Å². The molecule has 0 fully saturated rings. The van der Waals surface area contributed by atoms with Crippen LogP contribution in [0.25, 0.3) is 10.9 Å². The second-order valence-corrected chi connectivity index (χ2v) is 7.49. The molecule has 0 spiro atoms. The molecule has 158 valence electrons. The van der Waals surface area contributed by atoms with Crippen LogP contribution in [0.3, 0.4) is 0 Å². The number of aryl methyl sites for hydroxylation is 1. The molecule has 3 rings (SSSR count). The van der Waals surface area contributed by atoms with E-state index in [9.17, 15) is 4.79 Å². The normalized spacial score (nSPS) is 10.7.